The quantitative estimate of drug-likeness (QED) is 0.482. The van der Waals surface area contributed by atoms with Crippen LogP contribution in [0.25, 0.3) is 11.0 Å². The van der Waals surface area contributed by atoms with Crippen molar-refractivity contribution in [1.82, 2.24) is 0 Å². The van der Waals surface area contributed by atoms with Gasteiger partial charge in [0, 0.05) is 22.9 Å². The van der Waals surface area contributed by atoms with Crippen molar-refractivity contribution in [3.05, 3.63) is 39.2 Å². The van der Waals surface area contributed by atoms with Crippen LogP contribution in [0.5, 0.6) is 5.75 Å². The smallest absolute Gasteiger partial charge is 0.339 e. The zero-order valence-corrected chi connectivity index (χ0v) is 16.7. The summed E-state index contributed by atoms with van der Waals surface area (Å²) in [6.07, 6.45) is 8.21. The first kappa shape index (κ1) is 19.7. The summed E-state index contributed by atoms with van der Waals surface area (Å²) in [5.74, 6) is 0.807. The van der Waals surface area contributed by atoms with E-state index < -0.39 is 0 Å². The lowest BCUT2D eigenvalue weighted by molar-refractivity contribution is -0.127. The molecule has 1 heterocycles. The Morgan fingerprint density at radius 3 is 2.63 bits per heavy atom. The summed E-state index contributed by atoms with van der Waals surface area (Å²) in [6.45, 7) is 6.08. The molecule has 0 bridgehead atoms. The Bertz CT molecular complexity index is 878. The zero-order valence-electron chi connectivity index (χ0n) is 16.7. The maximum absolute atomic E-state index is 12.6. The van der Waals surface area contributed by atoms with E-state index in [2.05, 4.69) is 6.92 Å². The van der Waals surface area contributed by atoms with Gasteiger partial charge in [0.1, 0.15) is 11.3 Å². The third-order valence-electron chi connectivity index (χ3n) is 5.70. The molecule has 1 aromatic carbocycles. The minimum atomic E-state index is -0.374. The molecular weight excluding hydrogens is 340 g/mol. The van der Waals surface area contributed by atoms with Crippen LogP contribution in [0.15, 0.2) is 21.3 Å². The molecule has 4 nitrogen and oxygen atoms in total. The zero-order chi connectivity index (χ0) is 19.4. The van der Waals surface area contributed by atoms with E-state index in [9.17, 15) is 9.59 Å². The number of rotatable bonds is 7. The van der Waals surface area contributed by atoms with E-state index in [0.717, 1.165) is 60.6 Å². The highest BCUT2D eigenvalue weighted by atomic mass is 16.5. The third kappa shape index (κ3) is 4.26. The summed E-state index contributed by atoms with van der Waals surface area (Å²) in [6, 6.07) is 3.87. The van der Waals surface area contributed by atoms with Crippen LogP contribution in [0, 0.1) is 13.8 Å². The van der Waals surface area contributed by atoms with Crippen LogP contribution in [0.1, 0.15) is 75.0 Å². The van der Waals surface area contributed by atoms with Gasteiger partial charge in [-0.05, 0) is 63.6 Å². The highest BCUT2D eigenvalue weighted by Gasteiger charge is 2.25. The second-order valence-corrected chi connectivity index (χ2v) is 7.69. The van der Waals surface area contributed by atoms with Gasteiger partial charge in [0.25, 0.3) is 0 Å². The Kier molecular flexibility index (Phi) is 6.35. The molecule has 1 fully saturated rings. The molecule has 27 heavy (non-hydrogen) atoms. The Hall–Kier alpha value is -2.10. The molecule has 1 atom stereocenters. The maximum atomic E-state index is 12.6. The second kappa shape index (κ2) is 8.73. The molecule has 1 aliphatic rings. The van der Waals surface area contributed by atoms with Gasteiger partial charge in [-0.15, -0.1) is 0 Å². The number of benzene rings is 1. The van der Waals surface area contributed by atoms with E-state index in [1.165, 1.54) is 12.8 Å². The lowest BCUT2D eigenvalue weighted by atomic mass is 9.96. The van der Waals surface area contributed by atoms with E-state index in [1.54, 1.807) is 0 Å². The van der Waals surface area contributed by atoms with E-state index in [-0.39, 0.29) is 17.5 Å². The maximum Gasteiger partial charge on any atom is 0.339 e. The summed E-state index contributed by atoms with van der Waals surface area (Å²) in [7, 11) is 0. The van der Waals surface area contributed by atoms with Crippen molar-refractivity contribution in [1.29, 1.82) is 0 Å². The molecule has 0 unspecified atom stereocenters. The molecule has 3 rings (SSSR count). The topological polar surface area (TPSA) is 56.5 Å². The van der Waals surface area contributed by atoms with Gasteiger partial charge in [-0.2, -0.15) is 0 Å². The monoisotopic (exact) mass is 370 g/mol. The van der Waals surface area contributed by atoms with Crippen molar-refractivity contribution in [2.24, 2.45) is 0 Å². The fraction of sp³-hybridized carbons (Fsp3) is 0.565. The van der Waals surface area contributed by atoms with Crippen LogP contribution >= 0.6 is 0 Å². The molecule has 0 N–H and O–H groups in total. The molecular formula is C23H30O4. The molecule has 146 valence electrons. The van der Waals surface area contributed by atoms with Crippen molar-refractivity contribution in [3.63, 3.8) is 0 Å². The average Bonchev–Trinajstić information content (AvgIpc) is 2.65. The third-order valence-corrected chi connectivity index (χ3v) is 5.70. The van der Waals surface area contributed by atoms with Gasteiger partial charge in [-0.1, -0.05) is 26.2 Å². The highest BCUT2D eigenvalue weighted by molar-refractivity contribution is 5.87. The standard InChI is InChI=1S/C23H30O4/c1-4-5-6-7-10-18-15(2)17-13-14-20(16(3)22(17)27-23(18)25)26-21-12-9-8-11-19(21)24/h13-14,21H,4-12H2,1-3H3/t21-/m1/s1. The number of hydrogen-bond donors (Lipinski definition) is 0. The van der Waals surface area contributed by atoms with Crippen LogP contribution < -0.4 is 10.4 Å². The summed E-state index contributed by atoms with van der Waals surface area (Å²) in [4.78, 5) is 24.6. The SMILES string of the molecule is CCCCCCc1c(C)c2ccc(O[C@@H]3CCCCC3=O)c(C)c2oc1=O. The predicted octanol–water partition coefficient (Wildman–Crippen LogP) is 5.42. The molecule has 0 aliphatic heterocycles. The Morgan fingerprint density at radius 2 is 1.89 bits per heavy atom. The predicted molar refractivity (Wildman–Crippen MR) is 108 cm³/mol. The van der Waals surface area contributed by atoms with E-state index in [4.69, 9.17) is 9.15 Å². The number of carbonyl (C=O) groups excluding carboxylic acids is 1. The second-order valence-electron chi connectivity index (χ2n) is 7.69. The number of Topliss-reactive ketones (excluding diaryl/α,β-unsaturated/α-hetero) is 1. The van der Waals surface area contributed by atoms with Crippen LogP contribution in [0.3, 0.4) is 0 Å². The molecule has 0 radical (unpaired) electrons. The number of carbonyl (C=O) groups is 1. The average molecular weight is 370 g/mol. The summed E-state index contributed by atoms with van der Waals surface area (Å²) >= 11 is 0. The molecule has 1 aromatic heterocycles. The van der Waals surface area contributed by atoms with Crippen LogP contribution in [0.2, 0.25) is 0 Å². The minimum absolute atomic E-state index is 0.167. The number of aryl methyl sites for hydroxylation is 2. The molecule has 2 aromatic rings. The van der Waals surface area contributed by atoms with Gasteiger partial charge in [-0.3, -0.25) is 4.79 Å². The molecule has 1 aliphatic carbocycles. The molecule has 0 saturated heterocycles. The van der Waals surface area contributed by atoms with Gasteiger partial charge in [0.15, 0.2) is 11.9 Å². The van der Waals surface area contributed by atoms with Gasteiger partial charge < -0.3 is 9.15 Å². The van der Waals surface area contributed by atoms with E-state index in [1.807, 2.05) is 26.0 Å². The molecule has 0 amide bonds. The largest absolute Gasteiger partial charge is 0.482 e. The lowest BCUT2D eigenvalue weighted by Gasteiger charge is -2.23. The van der Waals surface area contributed by atoms with Gasteiger partial charge in [0.2, 0.25) is 0 Å². The first-order valence-electron chi connectivity index (χ1n) is 10.3. The summed E-state index contributed by atoms with van der Waals surface area (Å²) in [5.41, 5.74) is 2.92. The Balaban J connectivity index is 1.89. The van der Waals surface area contributed by atoms with E-state index >= 15 is 0 Å². The fourth-order valence-electron chi connectivity index (χ4n) is 3.95. The summed E-state index contributed by atoms with van der Waals surface area (Å²) < 4.78 is 11.7. The number of hydrogen-bond acceptors (Lipinski definition) is 4. The number of ketones is 1. The van der Waals surface area contributed by atoms with Crippen LogP contribution in [0.4, 0.5) is 0 Å². The van der Waals surface area contributed by atoms with Crippen LogP contribution in [-0.4, -0.2) is 11.9 Å². The van der Waals surface area contributed by atoms with Crippen molar-refractivity contribution < 1.29 is 13.9 Å². The van der Waals surface area contributed by atoms with Gasteiger partial charge in [-0.25, -0.2) is 4.79 Å². The number of fused-ring (bicyclic) bond motifs is 1. The summed E-state index contributed by atoms with van der Waals surface area (Å²) in [5, 5.41) is 0.958. The molecule has 0 spiro atoms. The Labute approximate surface area is 160 Å². The van der Waals surface area contributed by atoms with Crippen molar-refractivity contribution in [3.8, 4) is 5.75 Å². The van der Waals surface area contributed by atoms with Gasteiger partial charge in [0.05, 0.1) is 0 Å². The number of unbranched alkanes of at least 4 members (excludes halogenated alkanes) is 3. The molecule has 1 saturated carbocycles. The highest BCUT2D eigenvalue weighted by Crippen LogP contribution is 2.31. The Morgan fingerprint density at radius 1 is 1.07 bits per heavy atom. The minimum Gasteiger partial charge on any atom is -0.482 e. The first-order valence-corrected chi connectivity index (χ1v) is 10.3. The number of ether oxygens (including phenoxy) is 1. The normalized spacial score (nSPS) is 17.4. The fourth-order valence-corrected chi connectivity index (χ4v) is 3.95. The van der Waals surface area contributed by atoms with Crippen molar-refractivity contribution in [2.75, 3.05) is 0 Å². The van der Waals surface area contributed by atoms with E-state index in [0.29, 0.717) is 17.8 Å². The first-order chi connectivity index (χ1) is 13.0. The molecule has 4 heteroatoms. The van der Waals surface area contributed by atoms with Crippen molar-refractivity contribution >= 4 is 16.8 Å². The van der Waals surface area contributed by atoms with Crippen LogP contribution in [-0.2, 0) is 11.2 Å². The van der Waals surface area contributed by atoms with Gasteiger partial charge >= 0.3 is 5.63 Å². The van der Waals surface area contributed by atoms with Crippen molar-refractivity contribution in [2.45, 2.75) is 84.7 Å². The lowest BCUT2D eigenvalue weighted by Crippen LogP contribution is -2.30.